The molecule has 5 atom stereocenters. The molecule has 0 spiro atoms. The Kier molecular flexibility index (Phi) is 5.60. The first-order chi connectivity index (χ1) is 10.8. The molecule has 1 saturated carbocycles. The zero-order valence-corrected chi connectivity index (χ0v) is 14.2. The summed E-state index contributed by atoms with van der Waals surface area (Å²) in [6.07, 6.45) is 1.50. The summed E-state index contributed by atoms with van der Waals surface area (Å²) >= 11 is 0. The van der Waals surface area contributed by atoms with Gasteiger partial charge in [0.25, 0.3) is 5.56 Å². The van der Waals surface area contributed by atoms with Gasteiger partial charge in [-0.2, -0.15) is 0 Å². The normalized spacial score (nSPS) is 32.1. The summed E-state index contributed by atoms with van der Waals surface area (Å²) < 4.78 is 33.2. The Morgan fingerprint density at radius 3 is 2.96 bits per heavy atom. The minimum absolute atomic E-state index is 0.0201. The molecule has 0 aromatic carbocycles. The van der Waals surface area contributed by atoms with Gasteiger partial charge in [0.2, 0.25) is 5.62 Å². The molecule has 0 bridgehead atoms. The van der Waals surface area contributed by atoms with Crippen LogP contribution in [0.5, 0.6) is 0 Å². The highest BCUT2D eigenvalue weighted by atomic mass is 31.1. The second-order valence-electron chi connectivity index (χ2n) is 6.10. The van der Waals surface area contributed by atoms with Crippen LogP contribution in [-0.4, -0.2) is 39.2 Å². The third-order valence-electron chi connectivity index (χ3n) is 4.34. The van der Waals surface area contributed by atoms with E-state index >= 15 is 0 Å². The Balaban J connectivity index is 2.18. The maximum atomic E-state index is 15.0. The van der Waals surface area contributed by atoms with E-state index in [0.717, 1.165) is 6.42 Å². The zero-order chi connectivity index (χ0) is 17.2. The minimum Gasteiger partial charge on any atom is -0.389 e. The predicted octanol–water partition coefficient (Wildman–Crippen LogP) is 1.21. The number of alkyl halides is 1. The topological polar surface area (TPSA) is 108 Å². The monoisotopic (exact) mass is 347 g/mol. The Hall–Kier alpha value is -1.24. The van der Waals surface area contributed by atoms with Gasteiger partial charge in [0.1, 0.15) is 0 Å². The summed E-state index contributed by atoms with van der Waals surface area (Å²) in [6, 6.07) is 0.411. The summed E-state index contributed by atoms with van der Waals surface area (Å²) in [7, 11) is -2.16. The molecule has 0 amide bonds. The highest BCUT2D eigenvalue weighted by Crippen LogP contribution is 2.46. The lowest BCUT2D eigenvalue weighted by Gasteiger charge is -2.27. The standard InChI is InChI=1S/C14H23FN3O4P/c1-3-6-23(21)22-8-9-7-10(14(2,15)12(9)20)18-5-4-11(19)17-13(18)16/h4-5,9-10,12,20,23H,3,6-8H2,1-2H3,(H2,16,17,19)/t9-,10-,12-,14+/m1/s1. The summed E-state index contributed by atoms with van der Waals surface area (Å²) in [5.41, 5.74) is -2.64. The minimum atomic E-state index is -2.16. The van der Waals surface area contributed by atoms with E-state index in [2.05, 4.69) is 4.98 Å². The van der Waals surface area contributed by atoms with Crippen molar-refractivity contribution in [2.45, 2.75) is 44.5 Å². The second kappa shape index (κ2) is 7.11. The SMILES string of the molecule is CCC[PH](=O)OC[C@H]1C[C@@H](n2ccc(=O)[nH]c2=N)[C@](C)(F)[C@@H]1O. The first-order valence-electron chi connectivity index (χ1n) is 7.66. The highest BCUT2D eigenvalue weighted by molar-refractivity contribution is 7.39. The molecule has 7 nitrogen and oxygen atoms in total. The number of hydrogen-bond acceptors (Lipinski definition) is 5. The van der Waals surface area contributed by atoms with Gasteiger partial charge >= 0.3 is 0 Å². The molecule has 0 saturated heterocycles. The predicted molar refractivity (Wildman–Crippen MR) is 83.7 cm³/mol. The van der Waals surface area contributed by atoms with E-state index < -0.39 is 37.3 Å². The molecule has 3 N–H and O–H groups in total. The average molecular weight is 347 g/mol. The molecule has 1 fully saturated rings. The van der Waals surface area contributed by atoms with Crippen molar-refractivity contribution in [3.63, 3.8) is 0 Å². The van der Waals surface area contributed by atoms with Crippen LogP contribution in [0.15, 0.2) is 17.1 Å². The van der Waals surface area contributed by atoms with E-state index in [1.165, 1.54) is 23.8 Å². The summed E-state index contributed by atoms with van der Waals surface area (Å²) in [6.45, 7) is 3.19. The Labute approximate surface area is 133 Å². The quantitative estimate of drug-likeness (QED) is 0.672. The highest BCUT2D eigenvalue weighted by Gasteiger charge is 2.53. The Morgan fingerprint density at radius 2 is 2.35 bits per heavy atom. The van der Waals surface area contributed by atoms with Crippen LogP contribution in [0, 0.1) is 11.3 Å². The van der Waals surface area contributed by atoms with Crippen molar-refractivity contribution in [3.8, 4) is 0 Å². The third kappa shape index (κ3) is 3.82. The van der Waals surface area contributed by atoms with Crippen molar-refractivity contribution < 1.29 is 18.6 Å². The molecule has 1 heterocycles. The number of rotatable bonds is 6. The number of aromatic nitrogens is 2. The van der Waals surface area contributed by atoms with Gasteiger partial charge in [-0.15, -0.1) is 0 Å². The van der Waals surface area contributed by atoms with E-state index in [0.29, 0.717) is 6.16 Å². The van der Waals surface area contributed by atoms with E-state index in [-0.39, 0.29) is 18.6 Å². The van der Waals surface area contributed by atoms with Crippen LogP contribution >= 0.6 is 8.03 Å². The molecule has 1 aliphatic rings. The number of nitrogens with zero attached hydrogens (tertiary/aromatic N) is 1. The van der Waals surface area contributed by atoms with E-state index in [1.807, 2.05) is 6.92 Å². The van der Waals surface area contributed by atoms with Crippen LogP contribution in [0.1, 0.15) is 32.7 Å². The van der Waals surface area contributed by atoms with Gasteiger partial charge in [0, 0.05) is 24.3 Å². The van der Waals surface area contributed by atoms with Gasteiger partial charge < -0.3 is 14.2 Å². The summed E-state index contributed by atoms with van der Waals surface area (Å²) in [4.78, 5) is 13.5. The number of halogens is 1. The van der Waals surface area contributed by atoms with Gasteiger partial charge in [-0.1, -0.05) is 6.92 Å². The zero-order valence-electron chi connectivity index (χ0n) is 13.2. The molecule has 0 radical (unpaired) electrons. The van der Waals surface area contributed by atoms with Gasteiger partial charge in [0.15, 0.2) is 13.7 Å². The maximum Gasteiger partial charge on any atom is 0.252 e. The van der Waals surface area contributed by atoms with Crippen molar-refractivity contribution in [2.75, 3.05) is 12.8 Å². The van der Waals surface area contributed by atoms with Gasteiger partial charge in [0.05, 0.1) is 18.8 Å². The third-order valence-corrected chi connectivity index (χ3v) is 5.73. The van der Waals surface area contributed by atoms with Crippen molar-refractivity contribution in [3.05, 3.63) is 28.2 Å². The van der Waals surface area contributed by atoms with Gasteiger partial charge in [-0.25, -0.2) is 4.39 Å². The van der Waals surface area contributed by atoms with Crippen LogP contribution in [0.4, 0.5) is 4.39 Å². The molecule has 1 aromatic rings. The maximum absolute atomic E-state index is 15.0. The van der Waals surface area contributed by atoms with Gasteiger partial charge in [-0.3, -0.25) is 19.8 Å². The van der Waals surface area contributed by atoms with E-state index in [1.54, 1.807) is 0 Å². The lowest BCUT2D eigenvalue weighted by atomic mass is 9.98. The number of hydrogen-bond donors (Lipinski definition) is 3. The first kappa shape index (κ1) is 18.1. The smallest absolute Gasteiger partial charge is 0.252 e. The van der Waals surface area contributed by atoms with Gasteiger partial charge in [-0.05, 0) is 19.8 Å². The molecule has 130 valence electrons. The Bertz CT molecular complexity index is 687. The molecule has 1 unspecified atom stereocenters. The van der Waals surface area contributed by atoms with Crippen LogP contribution in [0.25, 0.3) is 0 Å². The second-order valence-corrected chi connectivity index (χ2v) is 7.63. The molecule has 0 aliphatic heterocycles. The fourth-order valence-electron chi connectivity index (χ4n) is 3.03. The van der Waals surface area contributed by atoms with Crippen LogP contribution in [0.3, 0.4) is 0 Å². The van der Waals surface area contributed by atoms with Crippen molar-refractivity contribution in [2.24, 2.45) is 5.92 Å². The number of aromatic amines is 1. The molecule has 9 heteroatoms. The van der Waals surface area contributed by atoms with E-state index in [9.17, 15) is 18.9 Å². The van der Waals surface area contributed by atoms with Crippen LogP contribution < -0.4 is 11.2 Å². The molecule has 1 aromatic heterocycles. The fourth-order valence-corrected chi connectivity index (χ4v) is 3.98. The molecule has 23 heavy (non-hydrogen) atoms. The number of nitrogens with one attached hydrogen (secondary N) is 2. The average Bonchev–Trinajstić information content (AvgIpc) is 2.69. The number of aliphatic hydroxyl groups is 1. The molecular weight excluding hydrogens is 324 g/mol. The number of H-pyrrole nitrogens is 1. The largest absolute Gasteiger partial charge is 0.389 e. The van der Waals surface area contributed by atoms with Crippen molar-refractivity contribution in [1.29, 1.82) is 5.41 Å². The summed E-state index contributed by atoms with van der Waals surface area (Å²) in [5, 5.41) is 18.0. The molecular formula is C14H23FN3O4P. The van der Waals surface area contributed by atoms with Crippen LogP contribution in [0.2, 0.25) is 0 Å². The first-order valence-corrected chi connectivity index (χ1v) is 9.18. The Morgan fingerprint density at radius 1 is 1.65 bits per heavy atom. The van der Waals surface area contributed by atoms with Crippen LogP contribution in [-0.2, 0) is 9.09 Å². The lowest BCUT2D eigenvalue weighted by Crippen LogP contribution is -2.42. The van der Waals surface area contributed by atoms with Crippen molar-refractivity contribution in [1.82, 2.24) is 9.55 Å². The molecule has 1 aliphatic carbocycles. The lowest BCUT2D eigenvalue weighted by molar-refractivity contribution is -0.0184. The summed E-state index contributed by atoms with van der Waals surface area (Å²) in [5.74, 6) is -0.514. The number of aliphatic hydroxyl groups excluding tert-OH is 1. The van der Waals surface area contributed by atoms with Crippen molar-refractivity contribution >= 4 is 8.03 Å². The molecule has 2 rings (SSSR count). The fraction of sp³-hybridized carbons (Fsp3) is 0.714. The van der Waals surface area contributed by atoms with E-state index in [4.69, 9.17) is 9.93 Å².